The van der Waals surface area contributed by atoms with Crippen LogP contribution in [-0.2, 0) is 14.3 Å². The Morgan fingerprint density at radius 1 is 0.533 bits per heavy atom. The summed E-state index contributed by atoms with van der Waals surface area (Å²) in [7, 11) is 0. The Labute approximate surface area is 280 Å². The molecule has 0 spiro atoms. The molecule has 0 aliphatic heterocycles. The van der Waals surface area contributed by atoms with E-state index in [-0.39, 0.29) is 19.2 Å². The number of aliphatic hydroxyl groups is 1. The van der Waals surface area contributed by atoms with Crippen molar-refractivity contribution in [3.05, 3.63) is 48.6 Å². The zero-order valence-electron chi connectivity index (χ0n) is 29.9. The zero-order chi connectivity index (χ0) is 32.7. The number of hydrogen-bond donors (Lipinski definition) is 1. The monoisotopic (exact) mass is 631 g/mol. The average molecular weight is 631 g/mol. The average Bonchev–Trinajstić information content (AvgIpc) is 3.05. The highest BCUT2D eigenvalue weighted by Gasteiger charge is 2.11. The van der Waals surface area contributed by atoms with Crippen molar-refractivity contribution in [2.75, 3.05) is 19.8 Å². The van der Waals surface area contributed by atoms with Crippen LogP contribution in [0.2, 0.25) is 0 Å². The summed E-state index contributed by atoms with van der Waals surface area (Å²) in [5.74, 6) is -0.174. The molecule has 0 radical (unpaired) electrons. The van der Waals surface area contributed by atoms with Crippen LogP contribution in [0.25, 0.3) is 0 Å². The first-order valence-electron chi connectivity index (χ1n) is 19.2. The van der Waals surface area contributed by atoms with Crippen LogP contribution in [0.5, 0.6) is 0 Å². The maximum absolute atomic E-state index is 12.1. The van der Waals surface area contributed by atoms with Gasteiger partial charge >= 0.3 is 5.97 Å². The highest BCUT2D eigenvalue weighted by atomic mass is 16.6. The lowest BCUT2D eigenvalue weighted by Crippen LogP contribution is -2.26. The van der Waals surface area contributed by atoms with E-state index in [2.05, 4.69) is 62.5 Å². The van der Waals surface area contributed by atoms with Gasteiger partial charge in [-0.2, -0.15) is 0 Å². The van der Waals surface area contributed by atoms with E-state index in [9.17, 15) is 9.90 Å². The normalized spacial score (nSPS) is 12.9. The van der Waals surface area contributed by atoms with E-state index in [1.54, 1.807) is 0 Å². The number of unbranched alkanes of at least 4 members (excludes halogenated alkanes) is 19. The van der Waals surface area contributed by atoms with E-state index in [0.717, 1.165) is 51.4 Å². The van der Waals surface area contributed by atoms with Gasteiger partial charge in [0.25, 0.3) is 0 Å². The van der Waals surface area contributed by atoms with Crippen molar-refractivity contribution in [2.45, 2.75) is 187 Å². The van der Waals surface area contributed by atoms with Gasteiger partial charge in [0.15, 0.2) is 0 Å². The molecular formula is C41H74O4. The Morgan fingerprint density at radius 2 is 0.933 bits per heavy atom. The van der Waals surface area contributed by atoms with Gasteiger partial charge in [-0.15, -0.1) is 0 Å². The number of carbonyl (C=O) groups excluding carboxylic acids is 1. The maximum Gasteiger partial charge on any atom is 0.305 e. The molecule has 0 unspecified atom stereocenters. The van der Waals surface area contributed by atoms with Gasteiger partial charge in [-0.1, -0.05) is 165 Å². The Hall–Kier alpha value is -1.65. The molecule has 4 nitrogen and oxygen atoms in total. The fourth-order valence-electron chi connectivity index (χ4n) is 5.23. The zero-order valence-corrected chi connectivity index (χ0v) is 29.9. The van der Waals surface area contributed by atoms with E-state index in [0.29, 0.717) is 13.0 Å². The van der Waals surface area contributed by atoms with Gasteiger partial charge in [0.2, 0.25) is 0 Å². The third-order valence-corrected chi connectivity index (χ3v) is 8.19. The predicted octanol–water partition coefficient (Wildman–Crippen LogP) is 12.3. The number of carbonyl (C=O) groups is 1. The van der Waals surface area contributed by atoms with Gasteiger partial charge in [-0.25, -0.2) is 0 Å². The Kier molecular flexibility index (Phi) is 37.1. The molecule has 0 amide bonds. The molecule has 0 aromatic rings. The van der Waals surface area contributed by atoms with Crippen molar-refractivity contribution in [3.63, 3.8) is 0 Å². The van der Waals surface area contributed by atoms with Gasteiger partial charge in [0, 0.05) is 13.0 Å². The lowest BCUT2D eigenvalue weighted by molar-refractivity contribution is -0.149. The van der Waals surface area contributed by atoms with E-state index in [4.69, 9.17) is 9.47 Å². The first-order valence-corrected chi connectivity index (χ1v) is 19.2. The van der Waals surface area contributed by atoms with Gasteiger partial charge < -0.3 is 14.6 Å². The SMILES string of the molecule is CCCCCC=CCC=CCC=CCC=CCCCCO[C@@H](CO)COC(=O)CCCCCCCCCCCCCCCCC. The summed E-state index contributed by atoms with van der Waals surface area (Å²) in [6, 6.07) is 0. The number of ether oxygens (including phenoxy) is 2. The van der Waals surface area contributed by atoms with E-state index in [1.165, 1.54) is 109 Å². The van der Waals surface area contributed by atoms with E-state index in [1.807, 2.05) is 0 Å². The van der Waals surface area contributed by atoms with Crippen LogP contribution >= 0.6 is 0 Å². The summed E-state index contributed by atoms with van der Waals surface area (Å²) in [6.07, 6.45) is 48.8. The Balaban J connectivity index is 3.53. The molecule has 1 atom stereocenters. The number of rotatable bonds is 35. The molecule has 0 bridgehead atoms. The topological polar surface area (TPSA) is 55.8 Å². The number of esters is 1. The summed E-state index contributed by atoms with van der Waals surface area (Å²) >= 11 is 0. The molecular weight excluding hydrogens is 556 g/mol. The van der Waals surface area contributed by atoms with Crippen LogP contribution in [0, 0.1) is 0 Å². The summed E-state index contributed by atoms with van der Waals surface area (Å²) in [4.78, 5) is 12.1. The fourth-order valence-corrected chi connectivity index (χ4v) is 5.23. The van der Waals surface area contributed by atoms with Gasteiger partial charge in [-0.05, 0) is 57.8 Å². The minimum Gasteiger partial charge on any atom is -0.463 e. The van der Waals surface area contributed by atoms with Crippen LogP contribution in [0.4, 0.5) is 0 Å². The highest BCUT2D eigenvalue weighted by molar-refractivity contribution is 5.69. The van der Waals surface area contributed by atoms with Crippen molar-refractivity contribution < 1.29 is 19.4 Å². The summed E-state index contributed by atoms with van der Waals surface area (Å²) in [5, 5.41) is 9.57. The van der Waals surface area contributed by atoms with Crippen LogP contribution in [-0.4, -0.2) is 37.0 Å². The number of allylic oxidation sites excluding steroid dienone is 8. The van der Waals surface area contributed by atoms with Crippen molar-refractivity contribution in [1.29, 1.82) is 0 Å². The Morgan fingerprint density at radius 3 is 1.40 bits per heavy atom. The van der Waals surface area contributed by atoms with E-state index < -0.39 is 6.10 Å². The molecule has 0 saturated heterocycles. The second-order valence-corrected chi connectivity index (χ2v) is 12.6. The summed E-state index contributed by atoms with van der Waals surface area (Å²) in [6.45, 7) is 5.12. The van der Waals surface area contributed by atoms with Crippen molar-refractivity contribution in [3.8, 4) is 0 Å². The molecule has 0 rings (SSSR count). The van der Waals surface area contributed by atoms with Crippen LogP contribution < -0.4 is 0 Å². The first kappa shape index (κ1) is 43.4. The molecule has 0 aliphatic rings. The minimum atomic E-state index is -0.424. The van der Waals surface area contributed by atoms with Crippen molar-refractivity contribution in [1.82, 2.24) is 0 Å². The lowest BCUT2D eigenvalue weighted by atomic mass is 10.0. The summed E-state index contributed by atoms with van der Waals surface area (Å²) in [5.41, 5.74) is 0. The van der Waals surface area contributed by atoms with Gasteiger partial charge in [-0.3, -0.25) is 4.79 Å². The Bertz CT molecular complexity index is 708. The number of hydrogen-bond acceptors (Lipinski definition) is 4. The van der Waals surface area contributed by atoms with Crippen LogP contribution in [0.3, 0.4) is 0 Å². The molecule has 4 heteroatoms. The van der Waals surface area contributed by atoms with E-state index >= 15 is 0 Å². The molecule has 0 aromatic carbocycles. The molecule has 0 heterocycles. The predicted molar refractivity (Wildman–Crippen MR) is 196 cm³/mol. The quantitative estimate of drug-likeness (QED) is 0.0430. The highest BCUT2D eigenvalue weighted by Crippen LogP contribution is 2.14. The maximum atomic E-state index is 12.1. The largest absolute Gasteiger partial charge is 0.463 e. The van der Waals surface area contributed by atoms with Gasteiger partial charge in [0.1, 0.15) is 12.7 Å². The van der Waals surface area contributed by atoms with Crippen molar-refractivity contribution in [2.24, 2.45) is 0 Å². The third kappa shape index (κ3) is 36.7. The van der Waals surface area contributed by atoms with Crippen LogP contribution in [0.15, 0.2) is 48.6 Å². The molecule has 0 saturated carbocycles. The third-order valence-electron chi connectivity index (χ3n) is 8.19. The minimum absolute atomic E-state index is 0.122. The molecule has 0 aromatic heterocycles. The van der Waals surface area contributed by atoms with Gasteiger partial charge in [0.05, 0.1) is 6.61 Å². The second-order valence-electron chi connectivity index (χ2n) is 12.6. The van der Waals surface area contributed by atoms with Crippen LogP contribution in [0.1, 0.15) is 181 Å². The second kappa shape index (κ2) is 38.5. The molecule has 0 aliphatic carbocycles. The molecule has 0 fully saturated rings. The molecule has 1 N–H and O–H groups in total. The molecule has 45 heavy (non-hydrogen) atoms. The fraction of sp³-hybridized carbons (Fsp3) is 0.780. The smallest absolute Gasteiger partial charge is 0.305 e. The lowest BCUT2D eigenvalue weighted by Gasteiger charge is -2.15. The molecule has 262 valence electrons. The standard InChI is InChI=1S/C41H74O4/c1-3-5-7-9-11-13-15-17-19-20-21-23-25-27-29-31-33-35-37-44-40(38-42)39-45-41(43)36-34-32-30-28-26-24-22-18-16-14-12-10-8-6-4-2/h11,13,17,19,21,23,27,29,40,42H,3-10,12,14-16,18,20,22,24-26,28,30-39H2,1-2H3/t40-/m0/s1. The summed E-state index contributed by atoms with van der Waals surface area (Å²) < 4.78 is 11.1. The van der Waals surface area contributed by atoms with Crippen molar-refractivity contribution >= 4 is 5.97 Å². The first-order chi connectivity index (χ1) is 22.2. The number of aliphatic hydroxyl groups excluding tert-OH is 1.